The maximum absolute atomic E-state index is 11.2. The van der Waals surface area contributed by atoms with Crippen LogP contribution in [-0.4, -0.2) is 20.9 Å². The van der Waals surface area contributed by atoms with Crippen molar-refractivity contribution in [3.63, 3.8) is 0 Å². The molecule has 0 aliphatic carbocycles. The first kappa shape index (κ1) is 15.1. The molecule has 0 saturated carbocycles. The molecule has 1 heterocycles. The average Bonchev–Trinajstić information content (AvgIpc) is 2.76. The van der Waals surface area contributed by atoms with Gasteiger partial charge in [0.25, 0.3) is 0 Å². The number of halogens is 1. The van der Waals surface area contributed by atoms with Crippen LogP contribution in [0.15, 0.2) is 33.6 Å². The summed E-state index contributed by atoms with van der Waals surface area (Å²) in [5.41, 5.74) is 2.42. The SMILES string of the molecule is CCn1nc(C)cc1CSc1cc(Br)ccc1C(=O)O. The van der Waals surface area contributed by atoms with E-state index in [1.165, 1.54) is 11.8 Å². The van der Waals surface area contributed by atoms with Crippen LogP contribution in [0.25, 0.3) is 0 Å². The van der Waals surface area contributed by atoms with Gasteiger partial charge in [-0.3, -0.25) is 4.68 Å². The van der Waals surface area contributed by atoms with Gasteiger partial charge in [-0.1, -0.05) is 15.9 Å². The van der Waals surface area contributed by atoms with Crippen molar-refractivity contribution in [3.8, 4) is 0 Å². The quantitative estimate of drug-likeness (QED) is 0.825. The Morgan fingerprint density at radius 3 is 2.85 bits per heavy atom. The largest absolute Gasteiger partial charge is 0.478 e. The molecule has 2 aromatic rings. The Morgan fingerprint density at radius 2 is 2.20 bits per heavy atom. The summed E-state index contributed by atoms with van der Waals surface area (Å²) in [5.74, 6) is -0.203. The van der Waals surface area contributed by atoms with E-state index in [9.17, 15) is 9.90 Å². The molecule has 0 unspecified atom stereocenters. The van der Waals surface area contributed by atoms with Crippen LogP contribution in [-0.2, 0) is 12.3 Å². The molecule has 0 aliphatic rings. The highest BCUT2D eigenvalue weighted by Gasteiger charge is 2.12. The molecule has 20 heavy (non-hydrogen) atoms. The monoisotopic (exact) mass is 354 g/mol. The molecular weight excluding hydrogens is 340 g/mol. The molecule has 2 rings (SSSR count). The summed E-state index contributed by atoms with van der Waals surface area (Å²) in [6.45, 7) is 4.82. The van der Waals surface area contributed by atoms with E-state index in [1.807, 2.05) is 30.7 Å². The number of aryl methyl sites for hydroxylation is 2. The molecule has 106 valence electrons. The second-order valence-corrected chi connectivity index (χ2v) is 6.26. The third-order valence-corrected chi connectivity index (χ3v) is 4.42. The number of aromatic nitrogens is 2. The Kier molecular flexibility index (Phi) is 4.88. The van der Waals surface area contributed by atoms with Crippen LogP contribution in [0.4, 0.5) is 0 Å². The van der Waals surface area contributed by atoms with Gasteiger partial charge in [0.1, 0.15) is 0 Å². The van der Waals surface area contributed by atoms with Crippen LogP contribution in [0.5, 0.6) is 0 Å². The minimum Gasteiger partial charge on any atom is -0.478 e. The summed E-state index contributed by atoms with van der Waals surface area (Å²) in [7, 11) is 0. The highest BCUT2D eigenvalue weighted by atomic mass is 79.9. The summed E-state index contributed by atoms with van der Waals surface area (Å²) >= 11 is 4.89. The van der Waals surface area contributed by atoms with Crippen LogP contribution in [0.1, 0.15) is 28.7 Å². The van der Waals surface area contributed by atoms with Gasteiger partial charge in [-0.15, -0.1) is 11.8 Å². The van der Waals surface area contributed by atoms with Gasteiger partial charge in [-0.25, -0.2) is 4.79 Å². The standard InChI is InChI=1S/C14H15BrN2O2S/c1-3-17-11(6-9(2)16-17)8-20-13-7-10(15)4-5-12(13)14(18)19/h4-7H,3,8H2,1-2H3,(H,18,19). The predicted molar refractivity (Wildman–Crippen MR) is 83.3 cm³/mol. The highest BCUT2D eigenvalue weighted by Crippen LogP contribution is 2.29. The zero-order chi connectivity index (χ0) is 14.7. The Labute approximate surface area is 130 Å². The fraction of sp³-hybridized carbons (Fsp3) is 0.286. The number of carboxylic acids is 1. The van der Waals surface area contributed by atoms with Gasteiger partial charge in [-0.2, -0.15) is 5.10 Å². The molecule has 0 spiro atoms. The van der Waals surface area contributed by atoms with Crippen molar-refractivity contribution in [1.29, 1.82) is 0 Å². The molecule has 1 aromatic heterocycles. The van der Waals surface area contributed by atoms with E-state index in [0.717, 1.165) is 27.3 Å². The lowest BCUT2D eigenvalue weighted by Gasteiger charge is -2.07. The Balaban J connectivity index is 2.22. The smallest absolute Gasteiger partial charge is 0.336 e. The lowest BCUT2D eigenvalue weighted by Crippen LogP contribution is -2.02. The summed E-state index contributed by atoms with van der Waals surface area (Å²) in [5, 5.41) is 13.6. The van der Waals surface area contributed by atoms with Crippen molar-refractivity contribution in [2.45, 2.75) is 31.0 Å². The number of carboxylic acid groups (broad SMARTS) is 1. The van der Waals surface area contributed by atoms with Crippen LogP contribution >= 0.6 is 27.7 Å². The Bertz CT molecular complexity index is 640. The first-order valence-corrected chi connectivity index (χ1v) is 7.98. The number of carbonyl (C=O) groups is 1. The van der Waals surface area contributed by atoms with Crippen LogP contribution in [0, 0.1) is 6.92 Å². The van der Waals surface area contributed by atoms with Crippen molar-refractivity contribution in [2.75, 3.05) is 0 Å². The molecule has 6 heteroatoms. The van der Waals surface area contributed by atoms with Gasteiger partial charge in [0, 0.05) is 27.4 Å². The summed E-state index contributed by atoms with van der Waals surface area (Å²) < 4.78 is 2.82. The lowest BCUT2D eigenvalue weighted by atomic mass is 10.2. The molecule has 4 nitrogen and oxygen atoms in total. The third kappa shape index (κ3) is 3.43. The van der Waals surface area contributed by atoms with Gasteiger partial charge in [-0.05, 0) is 38.1 Å². The molecule has 0 amide bonds. The number of benzene rings is 1. The molecule has 1 aromatic carbocycles. The molecule has 0 aliphatic heterocycles. The number of hydrogen-bond donors (Lipinski definition) is 1. The lowest BCUT2D eigenvalue weighted by molar-refractivity contribution is 0.0693. The van der Waals surface area contributed by atoms with Gasteiger partial charge in [0.15, 0.2) is 0 Å². The first-order chi connectivity index (χ1) is 9.51. The molecule has 0 saturated heterocycles. The van der Waals surface area contributed by atoms with Gasteiger partial charge >= 0.3 is 5.97 Å². The summed E-state index contributed by atoms with van der Waals surface area (Å²) in [6, 6.07) is 7.24. The fourth-order valence-electron chi connectivity index (χ4n) is 1.93. The van der Waals surface area contributed by atoms with E-state index in [0.29, 0.717) is 11.3 Å². The van der Waals surface area contributed by atoms with E-state index in [-0.39, 0.29) is 0 Å². The molecule has 0 radical (unpaired) electrons. The number of hydrogen-bond acceptors (Lipinski definition) is 3. The van der Waals surface area contributed by atoms with Crippen molar-refractivity contribution in [1.82, 2.24) is 9.78 Å². The van der Waals surface area contributed by atoms with E-state index < -0.39 is 5.97 Å². The topological polar surface area (TPSA) is 55.1 Å². The zero-order valence-electron chi connectivity index (χ0n) is 11.3. The maximum atomic E-state index is 11.2. The normalized spacial score (nSPS) is 10.8. The summed E-state index contributed by atoms with van der Waals surface area (Å²) in [4.78, 5) is 12.0. The molecular formula is C14H15BrN2O2S. The van der Waals surface area contributed by atoms with Crippen LogP contribution < -0.4 is 0 Å². The molecule has 0 atom stereocenters. The number of nitrogens with zero attached hydrogens (tertiary/aromatic N) is 2. The van der Waals surface area contributed by atoms with Crippen LogP contribution in [0.3, 0.4) is 0 Å². The first-order valence-electron chi connectivity index (χ1n) is 6.20. The van der Waals surface area contributed by atoms with Crippen molar-refractivity contribution in [3.05, 3.63) is 45.7 Å². The zero-order valence-corrected chi connectivity index (χ0v) is 13.7. The van der Waals surface area contributed by atoms with E-state index in [2.05, 4.69) is 21.0 Å². The van der Waals surface area contributed by atoms with Crippen molar-refractivity contribution >= 4 is 33.7 Å². The predicted octanol–water partition coefficient (Wildman–Crippen LogP) is 3.96. The van der Waals surface area contributed by atoms with Crippen LogP contribution in [0.2, 0.25) is 0 Å². The fourth-order valence-corrected chi connectivity index (χ4v) is 3.50. The van der Waals surface area contributed by atoms with E-state index in [4.69, 9.17) is 0 Å². The van der Waals surface area contributed by atoms with Crippen molar-refractivity contribution < 1.29 is 9.90 Å². The van der Waals surface area contributed by atoms with E-state index in [1.54, 1.807) is 12.1 Å². The van der Waals surface area contributed by atoms with Gasteiger partial charge in [0.2, 0.25) is 0 Å². The van der Waals surface area contributed by atoms with E-state index >= 15 is 0 Å². The summed E-state index contributed by atoms with van der Waals surface area (Å²) in [6.07, 6.45) is 0. The average molecular weight is 355 g/mol. The van der Waals surface area contributed by atoms with Gasteiger partial charge < -0.3 is 5.11 Å². The Hall–Kier alpha value is -1.27. The molecule has 0 fully saturated rings. The minimum atomic E-state index is -0.903. The number of rotatable bonds is 5. The maximum Gasteiger partial charge on any atom is 0.336 e. The second kappa shape index (κ2) is 6.45. The number of aromatic carboxylic acids is 1. The third-order valence-electron chi connectivity index (χ3n) is 2.83. The minimum absolute atomic E-state index is 0.331. The van der Waals surface area contributed by atoms with Crippen molar-refractivity contribution in [2.24, 2.45) is 0 Å². The molecule has 0 bridgehead atoms. The Morgan fingerprint density at radius 1 is 1.45 bits per heavy atom. The second-order valence-electron chi connectivity index (χ2n) is 4.33. The molecule has 1 N–H and O–H groups in total. The highest BCUT2D eigenvalue weighted by molar-refractivity contribution is 9.10. The number of thioether (sulfide) groups is 1. The van der Waals surface area contributed by atoms with Gasteiger partial charge in [0.05, 0.1) is 11.3 Å².